The summed E-state index contributed by atoms with van der Waals surface area (Å²) in [5, 5.41) is 44.4. The van der Waals surface area contributed by atoms with Crippen LogP contribution in [0.2, 0.25) is 0 Å². The fourth-order valence-corrected chi connectivity index (χ4v) is 4.28. The normalized spacial score (nSPS) is 32.3. The molecule has 26 heavy (non-hydrogen) atoms. The summed E-state index contributed by atoms with van der Waals surface area (Å²) in [7, 11) is 0. The van der Waals surface area contributed by atoms with Crippen molar-refractivity contribution in [3.63, 3.8) is 0 Å². The van der Waals surface area contributed by atoms with Crippen molar-refractivity contribution >= 4 is 18.7 Å². The molecule has 5 unspecified atom stereocenters. The van der Waals surface area contributed by atoms with E-state index in [4.69, 9.17) is 10.2 Å². The van der Waals surface area contributed by atoms with Gasteiger partial charge in [-0.2, -0.15) is 0 Å². The lowest BCUT2D eigenvalue weighted by molar-refractivity contribution is -0.0469. The second-order valence-corrected chi connectivity index (χ2v) is 7.58. The smallest absolute Gasteiger partial charge is 0.164 e. The molecule has 2 heterocycles. The van der Waals surface area contributed by atoms with Crippen molar-refractivity contribution in [3.8, 4) is 0 Å². The molecule has 1 aliphatic heterocycles. The first-order chi connectivity index (χ1) is 12.4. The number of aromatic amines is 1. The van der Waals surface area contributed by atoms with Crippen LogP contribution >= 0.6 is 12.6 Å². The zero-order valence-corrected chi connectivity index (χ0v) is 15.1. The Kier molecular flexibility index (Phi) is 4.60. The van der Waals surface area contributed by atoms with Crippen LogP contribution in [0.15, 0.2) is 34.4 Å². The maximum atomic E-state index is 10.5. The Morgan fingerprint density at radius 1 is 1.35 bits per heavy atom. The Labute approximate surface area is 156 Å². The summed E-state index contributed by atoms with van der Waals surface area (Å²) in [5.74, 6) is 0.771. The number of thiol groups is 1. The van der Waals surface area contributed by atoms with Crippen molar-refractivity contribution < 1.29 is 20.4 Å². The van der Waals surface area contributed by atoms with E-state index in [9.17, 15) is 10.2 Å². The summed E-state index contributed by atoms with van der Waals surface area (Å²) in [6.45, 7) is 1.72. The largest absolute Gasteiger partial charge is 0.374 e. The predicted molar refractivity (Wildman–Crippen MR) is 99.8 cm³/mol. The van der Waals surface area contributed by atoms with Gasteiger partial charge in [-0.15, -0.1) is 12.6 Å². The number of aliphatic hydroxyl groups excluding tert-OH is 3. The van der Waals surface area contributed by atoms with Gasteiger partial charge in [0.05, 0.1) is 0 Å². The third-order valence-corrected chi connectivity index (χ3v) is 5.67. The summed E-state index contributed by atoms with van der Waals surface area (Å²) < 4.78 is 0. The van der Waals surface area contributed by atoms with Gasteiger partial charge in [-0.3, -0.25) is 10.6 Å². The fourth-order valence-electron chi connectivity index (χ4n) is 3.97. The van der Waals surface area contributed by atoms with E-state index < -0.39 is 18.7 Å². The molecule has 4 rings (SSSR count). The molecule has 1 saturated carbocycles. The maximum absolute atomic E-state index is 10.5. The first kappa shape index (κ1) is 18.0. The molecule has 1 aromatic heterocycles. The molecule has 0 aromatic carbocycles. The van der Waals surface area contributed by atoms with Crippen molar-refractivity contribution in [2.75, 3.05) is 6.54 Å². The summed E-state index contributed by atoms with van der Waals surface area (Å²) in [5.41, 5.74) is 4.14. The van der Waals surface area contributed by atoms with Gasteiger partial charge in [0.2, 0.25) is 0 Å². The zero-order valence-electron chi connectivity index (χ0n) is 14.2. The molecule has 2 aliphatic carbocycles. The van der Waals surface area contributed by atoms with E-state index in [0.29, 0.717) is 17.4 Å². The summed E-state index contributed by atoms with van der Waals surface area (Å²) in [4.78, 5) is 4.04. The number of aromatic nitrogens is 1. The Morgan fingerprint density at radius 3 is 2.85 bits per heavy atom. The third-order valence-electron chi connectivity index (χ3n) is 5.39. The van der Waals surface area contributed by atoms with Gasteiger partial charge in [-0.25, -0.2) is 0 Å². The number of piperidine rings is 1. The van der Waals surface area contributed by atoms with E-state index in [2.05, 4.69) is 34.3 Å². The molecule has 7 N–H and O–H groups in total. The molecule has 2 fully saturated rings. The van der Waals surface area contributed by atoms with E-state index >= 15 is 0 Å². The lowest BCUT2D eigenvalue weighted by Crippen LogP contribution is -2.38. The number of H-pyrrole nitrogens is 1. The lowest BCUT2D eigenvalue weighted by Gasteiger charge is -2.25. The Morgan fingerprint density at radius 2 is 2.12 bits per heavy atom. The Hall–Kier alpha value is -1.39. The Balaban J connectivity index is 1.61. The van der Waals surface area contributed by atoms with Gasteiger partial charge < -0.3 is 25.4 Å². The van der Waals surface area contributed by atoms with Crippen LogP contribution in [0.1, 0.15) is 23.0 Å². The van der Waals surface area contributed by atoms with Gasteiger partial charge in [0, 0.05) is 52.4 Å². The highest BCUT2D eigenvalue weighted by molar-refractivity contribution is 7.84. The molecule has 1 aromatic rings. The summed E-state index contributed by atoms with van der Waals surface area (Å²) in [6.07, 6.45) is 4.40. The molecule has 5 atom stereocenters. The van der Waals surface area contributed by atoms with Crippen LogP contribution in [-0.2, 0) is 0 Å². The van der Waals surface area contributed by atoms with Crippen LogP contribution in [0.25, 0.3) is 6.08 Å². The summed E-state index contributed by atoms with van der Waals surface area (Å²) in [6, 6.07) is 0.272. The van der Waals surface area contributed by atoms with Crippen molar-refractivity contribution in [1.82, 2.24) is 15.6 Å². The topological polar surface area (TPSA) is 121 Å². The average molecular weight is 377 g/mol. The fraction of sp³-hybridized carbons (Fsp3) is 0.444. The van der Waals surface area contributed by atoms with Crippen molar-refractivity contribution in [2.24, 2.45) is 11.8 Å². The Bertz CT molecular complexity index is 813. The molecular weight excluding hydrogens is 354 g/mol. The second-order valence-electron chi connectivity index (χ2n) is 7.06. The number of nitrogens with one attached hydrogen (secondary N) is 3. The highest BCUT2D eigenvalue weighted by atomic mass is 32.1. The first-order valence-electron chi connectivity index (χ1n) is 8.60. The molecule has 140 valence electrons. The standard InChI is InChI=1S/C18H23N3O4S/c1-7-12(17(24)20-6-14(22)23)5-19-13(7)4-10-9-2-8(26)3-11-15(9)16(11)21-18(10)25/h2-5,11,14-26H,6H2,1H3/b10-4-. The van der Waals surface area contributed by atoms with E-state index in [1.165, 1.54) is 0 Å². The van der Waals surface area contributed by atoms with Crippen molar-refractivity contribution in [1.29, 1.82) is 0 Å². The molecule has 0 spiro atoms. The molecule has 0 bridgehead atoms. The van der Waals surface area contributed by atoms with Gasteiger partial charge >= 0.3 is 0 Å². The van der Waals surface area contributed by atoms with Gasteiger partial charge in [-0.1, -0.05) is 6.08 Å². The van der Waals surface area contributed by atoms with Gasteiger partial charge in [0.25, 0.3) is 0 Å². The predicted octanol–water partition coefficient (Wildman–Crippen LogP) is -0.112. The van der Waals surface area contributed by atoms with Crippen LogP contribution in [0, 0.1) is 18.8 Å². The van der Waals surface area contributed by atoms with E-state index in [1.54, 1.807) is 6.20 Å². The van der Waals surface area contributed by atoms with E-state index in [-0.39, 0.29) is 12.6 Å². The highest BCUT2D eigenvalue weighted by Crippen LogP contribution is 2.55. The molecule has 1 saturated heterocycles. The average Bonchev–Trinajstić information content (AvgIpc) is 3.13. The number of hydrogen-bond donors (Lipinski definition) is 8. The first-order valence-corrected chi connectivity index (χ1v) is 9.05. The minimum atomic E-state index is -1.53. The number of allylic oxidation sites excluding steroid dienone is 1. The van der Waals surface area contributed by atoms with Crippen LogP contribution in [0.4, 0.5) is 0 Å². The van der Waals surface area contributed by atoms with Gasteiger partial charge in [0.1, 0.15) is 12.5 Å². The molecule has 0 amide bonds. The van der Waals surface area contributed by atoms with E-state index in [1.807, 2.05) is 19.1 Å². The molecule has 8 heteroatoms. The quantitative estimate of drug-likeness (QED) is 0.268. The van der Waals surface area contributed by atoms with Gasteiger partial charge in [-0.05, 0) is 30.2 Å². The van der Waals surface area contributed by atoms with Crippen molar-refractivity contribution in [2.45, 2.75) is 31.7 Å². The van der Waals surface area contributed by atoms with Crippen LogP contribution in [0.3, 0.4) is 0 Å². The third kappa shape index (κ3) is 3.07. The molecule has 7 nitrogen and oxygen atoms in total. The highest BCUT2D eigenvalue weighted by Gasteiger charge is 2.56. The SMILES string of the molecule is Cc1c(C(O)NCC(O)O)c[nH]c1/C=C1/C2=CC(S)=CC3C(NC1O)C23. The zero-order chi connectivity index (χ0) is 18.6. The number of aliphatic hydroxyl groups is 4. The van der Waals surface area contributed by atoms with Crippen LogP contribution in [0.5, 0.6) is 0 Å². The number of hydrogen-bond acceptors (Lipinski definition) is 7. The number of fused-ring (bicyclic) bond motifs is 1. The van der Waals surface area contributed by atoms with Crippen LogP contribution < -0.4 is 10.6 Å². The minimum absolute atomic E-state index is 0.140. The lowest BCUT2D eigenvalue weighted by atomic mass is 9.92. The molecular formula is C18H23N3O4S. The maximum Gasteiger partial charge on any atom is 0.164 e. The van der Waals surface area contributed by atoms with Crippen LogP contribution in [-0.4, -0.2) is 50.5 Å². The summed E-state index contributed by atoms with van der Waals surface area (Å²) >= 11 is 4.47. The van der Waals surface area contributed by atoms with E-state index in [0.717, 1.165) is 27.3 Å². The molecule has 0 radical (unpaired) electrons. The molecule has 3 aliphatic rings. The minimum Gasteiger partial charge on any atom is -0.374 e. The van der Waals surface area contributed by atoms with Crippen molar-refractivity contribution in [3.05, 3.63) is 51.2 Å². The van der Waals surface area contributed by atoms with Gasteiger partial charge in [0.15, 0.2) is 6.29 Å². The monoisotopic (exact) mass is 377 g/mol. The number of rotatable bonds is 5. The second kappa shape index (κ2) is 6.65.